The first-order valence-corrected chi connectivity index (χ1v) is 10.6. The summed E-state index contributed by atoms with van der Waals surface area (Å²) in [5, 5.41) is 7.51. The van der Waals surface area contributed by atoms with Crippen LogP contribution in [0.2, 0.25) is 0 Å². The maximum absolute atomic E-state index is 11.7. The van der Waals surface area contributed by atoms with E-state index in [0.717, 1.165) is 18.4 Å². The summed E-state index contributed by atoms with van der Waals surface area (Å²) in [6, 6.07) is 5.52. The molecule has 2 rings (SSSR count). The number of carbonyl (C=O) groups is 1. The zero-order valence-electron chi connectivity index (χ0n) is 16.4. The van der Waals surface area contributed by atoms with Crippen molar-refractivity contribution in [2.75, 3.05) is 26.5 Å². The van der Waals surface area contributed by atoms with Crippen molar-refractivity contribution in [3.8, 4) is 5.75 Å². The van der Waals surface area contributed by atoms with E-state index < -0.39 is 21.7 Å². The first-order valence-electron chi connectivity index (χ1n) is 8.77. The molecule has 1 aliphatic rings. The third-order valence-electron chi connectivity index (χ3n) is 4.23. The zero-order valence-corrected chi connectivity index (χ0v) is 17.2. The second-order valence-electron chi connectivity index (χ2n) is 7.55. The number of methoxy groups -OCH3 is 1. The number of benzene rings is 1. The number of hydrogen-bond donors (Lipinski definition) is 0. The van der Waals surface area contributed by atoms with E-state index >= 15 is 0 Å². The molecule has 150 valence electrons. The van der Waals surface area contributed by atoms with Gasteiger partial charge in [-0.1, -0.05) is 11.2 Å². The SMILES string of the molecule is COc1cc(C2CCN(S(C)(=O)=O)CC2)ccc1N=NC(=O)OC(C)(C)C. The minimum atomic E-state index is -3.14. The van der Waals surface area contributed by atoms with Crippen molar-refractivity contribution in [3.63, 3.8) is 0 Å². The Labute approximate surface area is 160 Å². The normalized spacial score (nSPS) is 17.2. The fraction of sp³-hybridized carbons (Fsp3) is 0.611. The molecule has 8 nitrogen and oxygen atoms in total. The van der Waals surface area contributed by atoms with Crippen molar-refractivity contribution in [3.05, 3.63) is 23.8 Å². The van der Waals surface area contributed by atoms with Crippen molar-refractivity contribution in [2.24, 2.45) is 10.2 Å². The van der Waals surface area contributed by atoms with Crippen LogP contribution < -0.4 is 4.74 Å². The van der Waals surface area contributed by atoms with Crippen LogP contribution >= 0.6 is 0 Å². The lowest BCUT2D eigenvalue weighted by atomic mass is 9.90. The summed E-state index contributed by atoms with van der Waals surface area (Å²) in [7, 11) is -1.62. The maximum atomic E-state index is 11.7. The molecule has 27 heavy (non-hydrogen) atoms. The highest BCUT2D eigenvalue weighted by Gasteiger charge is 2.26. The minimum Gasteiger partial charge on any atom is -0.494 e. The fourth-order valence-corrected chi connectivity index (χ4v) is 3.80. The molecule has 1 heterocycles. The van der Waals surface area contributed by atoms with E-state index in [9.17, 15) is 13.2 Å². The van der Waals surface area contributed by atoms with Crippen LogP contribution in [0.25, 0.3) is 0 Å². The molecule has 0 bridgehead atoms. The van der Waals surface area contributed by atoms with Crippen LogP contribution in [0.15, 0.2) is 28.4 Å². The number of carbonyl (C=O) groups excluding carboxylic acids is 1. The van der Waals surface area contributed by atoms with E-state index in [-0.39, 0.29) is 5.92 Å². The second-order valence-corrected chi connectivity index (χ2v) is 9.53. The number of rotatable bonds is 4. The van der Waals surface area contributed by atoms with Gasteiger partial charge in [0.1, 0.15) is 17.0 Å². The molecule has 9 heteroatoms. The monoisotopic (exact) mass is 397 g/mol. The molecule has 1 amide bonds. The molecule has 0 atom stereocenters. The van der Waals surface area contributed by atoms with Crippen LogP contribution in [0, 0.1) is 0 Å². The molecule has 0 radical (unpaired) electrons. The molecule has 1 aromatic carbocycles. The average Bonchev–Trinajstić information content (AvgIpc) is 2.57. The first kappa shape index (κ1) is 21.3. The quantitative estimate of drug-likeness (QED) is 0.719. The van der Waals surface area contributed by atoms with Gasteiger partial charge in [0.2, 0.25) is 10.0 Å². The number of azo groups is 1. The summed E-state index contributed by atoms with van der Waals surface area (Å²) in [6.45, 7) is 6.28. The Kier molecular flexibility index (Phi) is 6.59. The standard InChI is InChI=1S/C18H27N3O5S/c1-18(2,3)26-17(22)20-19-15-7-6-14(12-16(15)25-4)13-8-10-21(11-9-13)27(5,23)24/h6-7,12-13H,8-11H2,1-5H3. The Hall–Kier alpha value is -2.00. The highest BCUT2D eigenvalue weighted by Crippen LogP contribution is 2.35. The van der Waals surface area contributed by atoms with Crippen molar-refractivity contribution in [1.82, 2.24) is 4.31 Å². The maximum Gasteiger partial charge on any atom is 0.452 e. The van der Waals surface area contributed by atoms with E-state index in [0.29, 0.717) is 24.5 Å². The molecule has 0 N–H and O–H groups in total. The van der Waals surface area contributed by atoms with E-state index in [1.54, 1.807) is 26.8 Å². The summed E-state index contributed by atoms with van der Waals surface area (Å²) in [5.74, 6) is 0.749. The molecule has 1 aliphatic heterocycles. The largest absolute Gasteiger partial charge is 0.494 e. The van der Waals surface area contributed by atoms with Crippen LogP contribution in [0.4, 0.5) is 10.5 Å². The van der Waals surface area contributed by atoms with E-state index in [2.05, 4.69) is 10.2 Å². The Morgan fingerprint density at radius 2 is 1.85 bits per heavy atom. The lowest BCUT2D eigenvalue weighted by Gasteiger charge is -2.30. The Morgan fingerprint density at radius 3 is 2.37 bits per heavy atom. The topological polar surface area (TPSA) is 97.6 Å². The molecule has 1 aromatic rings. The summed E-state index contributed by atoms with van der Waals surface area (Å²) < 4.78 is 35.2. The minimum absolute atomic E-state index is 0.244. The number of hydrogen-bond acceptors (Lipinski definition) is 6. The van der Waals surface area contributed by atoms with Gasteiger partial charge < -0.3 is 9.47 Å². The molecule has 1 fully saturated rings. The van der Waals surface area contributed by atoms with Gasteiger partial charge in [0.25, 0.3) is 0 Å². The van der Waals surface area contributed by atoms with Gasteiger partial charge in [-0.2, -0.15) is 0 Å². The fourth-order valence-electron chi connectivity index (χ4n) is 2.93. The van der Waals surface area contributed by atoms with Gasteiger partial charge in [0.05, 0.1) is 13.4 Å². The predicted octanol–water partition coefficient (Wildman–Crippen LogP) is 3.85. The highest BCUT2D eigenvalue weighted by molar-refractivity contribution is 7.88. The van der Waals surface area contributed by atoms with Gasteiger partial charge in [0.15, 0.2) is 0 Å². The number of ether oxygens (including phenoxy) is 2. The Balaban J connectivity index is 2.09. The molecular weight excluding hydrogens is 370 g/mol. The first-order chi connectivity index (χ1) is 12.5. The molecule has 0 aliphatic carbocycles. The van der Waals surface area contributed by atoms with Crippen molar-refractivity contribution >= 4 is 21.8 Å². The van der Waals surface area contributed by atoms with E-state index in [1.165, 1.54) is 17.7 Å². The average molecular weight is 397 g/mol. The Bertz CT molecular complexity index is 807. The van der Waals surface area contributed by atoms with Gasteiger partial charge in [-0.15, -0.1) is 5.11 Å². The number of nitrogens with zero attached hydrogens (tertiary/aromatic N) is 3. The molecule has 0 spiro atoms. The number of amides is 1. The van der Waals surface area contributed by atoms with Crippen LogP contribution in [-0.2, 0) is 14.8 Å². The molecule has 1 saturated heterocycles. The van der Waals surface area contributed by atoms with E-state index in [1.807, 2.05) is 12.1 Å². The van der Waals surface area contributed by atoms with Crippen LogP contribution in [0.5, 0.6) is 5.75 Å². The molecular formula is C18H27N3O5S. The molecule has 0 unspecified atom stereocenters. The second kappa shape index (κ2) is 8.35. The van der Waals surface area contributed by atoms with Gasteiger partial charge in [0, 0.05) is 13.1 Å². The zero-order chi connectivity index (χ0) is 20.2. The van der Waals surface area contributed by atoms with Crippen molar-refractivity contribution < 1.29 is 22.7 Å². The highest BCUT2D eigenvalue weighted by atomic mass is 32.2. The van der Waals surface area contributed by atoms with Gasteiger partial charge in [-0.05, 0) is 57.2 Å². The van der Waals surface area contributed by atoms with E-state index in [4.69, 9.17) is 9.47 Å². The van der Waals surface area contributed by atoms with Crippen LogP contribution in [0.3, 0.4) is 0 Å². The lowest BCUT2D eigenvalue weighted by Crippen LogP contribution is -2.37. The summed E-state index contributed by atoms with van der Waals surface area (Å²) in [6.07, 6.45) is 1.96. The van der Waals surface area contributed by atoms with Gasteiger partial charge >= 0.3 is 6.09 Å². The number of piperidine rings is 1. The summed E-state index contributed by atoms with van der Waals surface area (Å²) in [4.78, 5) is 11.7. The number of sulfonamides is 1. The molecule has 0 aromatic heterocycles. The summed E-state index contributed by atoms with van der Waals surface area (Å²) in [5.41, 5.74) is 0.849. The lowest BCUT2D eigenvalue weighted by molar-refractivity contribution is 0.0592. The third-order valence-corrected chi connectivity index (χ3v) is 5.53. The van der Waals surface area contributed by atoms with Crippen LogP contribution in [0.1, 0.15) is 45.1 Å². The van der Waals surface area contributed by atoms with Gasteiger partial charge in [-0.3, -0.25) is 0 Å². The van der Waals surface area contributed by atoms with Crippen molar-refractivity contribution in [1.29, 1.82) is 0 Å². The third kappa shape index (κ3) is 6.28. The van der Waals surface area contributed by atoms with Gasteiger partial charge in [-0.25, -0.2) is 17.5 Å². The Morgan fingerprint density at radius 1 is 1.22 bits per heavy atom. The summed E-state index contributed by atoms with van der Waals surface area (Å²) >= 11 is 0. The molecule has 0 saturated carbocycles. The predicted molar refractivity (Wildman–Crippen MR) is 102 cm³/mol. The smallest absolute Gasteiger partial charge is 0.452 e. The van der Waals surface area contributed by atoms with Crippen molar-refractivity contribution in [2.45, 2.75) is 45.1 Å². The van der Waals surface area contributed by atoms with Crippen LogP contribution in [-0.4, -0.2) is 50.9 Å².